The van der Waals surface area contributed by atoms with Gasteiger partial charge in [0.15, 0.2) is 5.13 Å². The van der Waals surface area contributed by atoms with Crippen LogP contribution in [0.4, 0.5) is 10.8 Å². The predicted octanol–water partition coefficient (Wildman–Crippen LogP) is 5.19. The summed E-state index contributed by atoms with van der Waals surface area (Å²) < 4.78 is 0. The number of rotatable bonds is 5. The predicted molar refractivity (Wildman–Crippen MR) is 137 cm³/mol. The minimum atomic E-state index is -0.418. The lowest BCUT2D eigenvalue weighted by molar-refractivity contribution is 0.0925. The lowest BCUT2D eigenvalue weighted by Crippen LogP contribution is -2.36. The highest BCUT2D eigenvalue weighted by atomic mass is 32.1. The molecule has 5 rings (SSSR count). The maximum absolute atomic E-state index is 13.2. The zero-order valence-electron chi connectivity index (χ0n) is 20.1. The number of piperidine rings is 1. The van der Waals surface area contributed by atoms with Gasteiger partial charge in [0.05, 0.1) is 16.8 Å². The zero-order chi connectivity index (χ0) is 24.7. The Hall–Kier alpha value is -3.36. The summed E-state index contributed by atoms with van der Waals surface area (Å²) >= 11 is 1.46. The summed E-state index contributed by atoms with van der Waals surface area (Å²) in [6, 6.07) is 10.8. The average molecular weight is 489 g/mol. The quantitative estimate of drug-likeness (QED) is 0.500. The van der Waals surface area contributed by atoms with Crippen molar-refractivity contribution in [2.45, 2.75) is 52.6 Å². The number of hydrogen-bond acceptors (Lipinski definition) is 6. The summed E-state index contributed by atoms with van der Waals surface area (Å²) in [5.41, 5.74) is 3.31. The number of carbonyl (C=O) groups excluding carboxylic acids is 3. The van der Waals surface area contributed by atoms with Crippen molar-refractivity contribution in [2.24, 2.45) is 0 Å². The van der Waals surface area contributed by atoms with Crippen LogP contribution in [-0.2, 0) is 6.54 Å². The Bertz CT molecular complexity index is 1330. The number of likely N-dealkylation sites (tertiary alicyclic amines) is 1. The van der Waals surface area contributed by atoms with E-state index in [0.717, 1.165) is 29.1 Å². The van der Waals surface area contributed by atoms with Crippen LogP contribution in [-0.4, -0.2) is 40.2 Å². The molecule has 2 aromatic carbocycles. The maximum atomic E-state index is 13.2. The van der Waals surface area contributed by atoms with E-state index in [-0.39, 0.29) is 17.4 Å². The second kappa shape index (κ2) is 9.36. The number of aromatic nitrogens is 1. The van der Waals surface area contributed by atoms with Crippen LogP contribution in [0.2, 0.25) is 0 Å². The molecule has 1 atom stereocenters. The van der Waals surface area contributed by atoms with Gasteiger partial charge in [0.1, 0.15) is 0 Å². The molecule has 1 fully saturated rings. The van der Waals surface area contributed by atoms with Crippen molar-refractivity contribution in [3.63, 3.8) is 0 Å². The number of nitrogens with one attached hydrogen (secondary N) is 1. The Morgan fingerprint density at radius 1 is 1.09 bits per heavy atom. The van der Waals surface area contributed by atoms with Gasteiger partial charge >= 0.3 is 0 Å². The third-order valence-corrected chi connectivity index (χ3v) is 7.71. The molecule has 1 unspecified atom stereocenters. The normalized spacial score (nSPS) is 18.1. The molecule has 2 aliphatic heterocycles. The molecule has 0 saturated carbocycles. The van der Waals surface area contributed by atoms with E-state index in [2.05, 4.69) is 22.1 Å². The van der Waals surface area contributed by atoms with Crippen molar-refractivity contribution in [1.82, 2.24) is 9.88 Å². The number of fused-ring (bicyclic) bond motifs is 1. The molecule has 35 heavy (non-hydrogen) atoms. The van der Waals surface area contributed by atoms with E-state index in [1.54, 1.807) is 18.2 Å². The highest BCUT2D eigenvalue weighted by Crippen LogP contribution is 2.32. The molecule has 180 valence electrons. The summed E-state index contributed by atoms with van der Waals surface area (Å²) in [6.07, 6.45) is 5.52. The van der Waals surface area contributed by atoms with Crippen molar-refractivity contribution in [2.75, 3.05) is 16.8 Å². The van der Waals surface area contributed by atoms with Gasteiger partial charge in [-0.2, -0.15) is 0 Å². The summed E-state index contributed by atoms with van der Waals surface area (Å²) in [5, 5.41) is 3.37. The first-order valence-electron chi connectivity index (χ1n) is 11.9. The lowest BCUT2D eigenvalue weighted by Gasteiger charge is -2.32. The van der Waals surface area contributed by atoms with Gasteiger partial charge in [-0.1, -0.05) is 24.1 Å². The molecule has 1 aromatic heterocycles. The second-order valence-corrected chi connectivity index (χ2v) is 10.5. The van der Waals surface area contributed by atoms with E-state index in [1.165, 1.54) is 41.6 Å². The monoisotopic (exact) mass is 488 g/mol. The van der Waals surface area contributed by atoms with E-state index in [1.807, 2.05) is 32.2 Å². The van der Waals surface area contributed by atoms with Crippen LogP contribution in [0.5, 0.6) is 0 Å². The third-order valence-electron chi connectivity index (χ3n) is 6.82. The standard InChI is InChI=1S/C27H28N4O3S/c1-16-7-10-23(17(2)12-16)31-25(33)21-9-8-19(13-22(21)26(31)34)24(32)29-27-28-14-20(35-27)15-30-11-5-4-6-18(30)3/h7-10,12-14,18H,4-6,11,15H2,1-3H3,(H,28,29,32). The molecule has 3 heterocycles. The van der Waals surface area contributed by atoms with Crippen molar-refractivity contribution in [3.05, 3.63) is 75.3 Å². The fourth-order valence-electron chi connectivity index (χ4n) is 4.86. The largest absolute Gasteiger partial charge is 0.298 e. The maximum Gasteiger partial charge on any atom is 0.266 e. The molecule has 7 nitrogen and oxygen atoms in total. The number of anilines is 2. The minimum Gasteiger partial charge on any atom is -0.298 e. The molecule has 3 amide bonds. The molecular weight excluding hydrogens is 460 g/mol. The van der Waals surface area contributed by atoms with E-state index >= 15 is 0 Å². The van der Waals surface area contributed by atoms with Gasteiger partial charge < -0.3 is 0 Å². The van der Waals surface area contributed by atoms with E-state index in [0.29, 0.717) is 28.0 Å². The van der Waals surface area contributed by atoms with Gasteiger partial charge in [0.25, 0.3) is 17.7 Å². The molecule has 1 saturated heterocycles. The van der Waals surface area contributed by atoms with Crippen molar-refractivity contribution in [3.8, 4) is 0 Å². The highest BCUT2D eigenvalue weighted by Gasteiger charge is 2.37. The molecule has 3 aromatic rings. The van der Waals surface area contributed by atoms with Crippen LogP contribution in [0, 0.1) is 13.8 Å². The number of carbonyl (C=O) groups is 3. The van der Waals surface area contributed by atoms with Crippen molar-refractivity contribution < 1.29 is 14.4 Å². The van der Waals surface area contributed by atoms with E-state index in [9.17, 15) is 14.4 Å². The number of aryl methyl sites for hydroxylation is 2. The first kappa shape index (κ1) is 23.4. The highest BCUT2D eigenvalue weighted by molar-refractivity contribution is 7.15. The van der Waals surface area contributed by atoms with Gasteiger partial charge in [-0.25, -0.2) is 9.88 Å². The van der Waals surface area contributed by atoms with Crippen molar-refractivity contribution in [1.29, 1.82) is 0 Å². The summed E-state index contributed by atoms with van der Waals surface area (Å²) in [5.74, 6) is -1.15. The molecule has 0 aliphatic carbocycles. The van der Waals surface area contributed by atoms with Crippen LogP contribution in [0.25, 0.3) is 0 Å². The Morgan fingerprint density at radius 2 is 1.89 bits per heavy atom. The first-order valence-corrected chi connectivity index (χ1v) is 12.7. The van der Waals surface area contributed by atoms with Gasteiger partial charge in [-0.3, -0.25) is 24.6 Å². The minimum absolute atomic E-state index is 0.238. The topological polar surface area (TPSA) is 82.6 Å². The summed E-state index contributed by atoms with van der Waals surface area (Å²) in [6.45, 7) is 8.01. The number of hydrogen-bond donors (Lipinski definition) is 1. The SMILES string of the molecule is Cc1ccc(N2C(=O)c3ccc(C(=O)Nc4ncc(CN5CCCCC5C)s4)cc3C2=O)c(C)c1. The van der Waals surface area contributed by atoms with Gasteiger partial charge in [0.2, 0.25) is 0 Å². The number of nitrogens with zero attached hydrogens (tertiary/aromatic N) is 3. The number of imide groups is 1. The van der Waals surface area contributed by atoms with Gasteiger partial charge in [-0.05, 0) is 70.0 Å². The van der Waals surface area contributed by atoms with Crippen LogP contribution >= 0.6 is 11.3 Å². The smallest absolute Gasteiger partial charge is 0.266 e. The first-order chi connectivity index (χ1) is 16.8. The summed E-state index contributed by atoms with van der Waals surface area (Å²) in [4.78, 5) is 48.2. The Labute approximate surface area is 208 Å². The number of benzene rings is 2. The van der Waals surface area contributed by atoms with Crippen LogP contribution in [0.3, 0.4) is 0 Å². The molecule has 0 bridgehead atoms. The van der Waals surface area contributed by atoms with Crippen LogP contribution in [0.1, 0.15) is 73.3 Å². The fraction of sp³-hybridized carbons (Fsp3) is 0.333. The Balaban J connectivity index is 1.31. The number of thiazole rings is 1. The molecule has 1 N–H and O–H groups in total. The molecule has 8 heteroatoms. The Kier molecular flexibility index (Phi) is 6.25. The van der Waals surface area contributed by atoms with Crippen molar-refractivity contribution >= 4 is 39.9 Å². The van der Waals surface area contributed by atoms with Crippen LogP contribution < -0.4 is 10.2 Å². The third kappa shape index (κ3) is 4.51. The summed E-state index contributed by atoms with van der Waals surface area (Å²) in [7, 11) is 0. The second-order valence-electron chi connectivity index (χ2n) is 9.40. The number of amides is 3. The van der Waals surface area contributed by atoms with Gasteiger partial charge in [-0.15, -0.1) is 11.3 Å². The molecular formula is C27H28N4O3S. The van der Waals surface area contributed by atoms with E-state index < -0.39 is 5.91 Å². The Morgan fingerprint density at radius 3 is 2.66 bits per heavy atom. The average Bonchev–Trinajstić information content (AvgIpc) is 3.37. The van der Waals surface area contributed by atoms with E-state index in [4.69, 9.17) is 0 Å². The molecule has 0 radical (unpaired) electrons. The molecule has 2 aliphatic rings. The zero-order valence-corrected chi connectivity index (χ0v) is 20.9. The van der Waals surface area contributed by atoms with Crippen LogP contribution in [0.15, 0.2) is 42.6 Å². The fourth-order valence-corrected chi connectivity index (χ4v) is 5.69. The molecule has 0 spiro atoms. The lowest BCUT2D eigenvalue weighted by atomic mass is 10.0. The van der Waals surface area contributed by atoms with Gasteiger partial charge in [0, 0.05) is 29.2 Å².